The Morgan fingerprint density at radius 2 is 1.79 bits per heavy atom. The first-order chi connectivity index (χ1) is 9.22. The highest BCUT2D eigenvalue weighted by Gasteiger charge is 2.14. The number of fused-ring (bicyclic) bond motifs is 3. The fourth-order valence-electron chi connectivity index (χ4n) is 2.82. The lowest BCUT2D eigenvalue weighted by molar-refractivity contribution is 0.0308. The van der Waals surface area contributed by atoms with Gasteiger partial charge in [0.2, 0.25) is 0 Å². The van der Waals surface area contributed by atoms with Crippen LogP contribution in [0, 0.1) is 6.92 Å². The molecular weight excluding hydrogens is 234 g/mol. The molecule has 0 saturated carbocycles. The van der Waals surface area contributed by atoms with Crippen molar-refractivity contribution in [3.8, 4) is 0 Å². The van der Waals surface area contributed by atoms with E-state index in [4.69, 9.17) is 4.74 Å². The van der Waals surface area contributed by atoms with Gasteiger partial charge >= 0.3 is 0 Å². The van der Waals surface area contributed by atoms with E-state index < -0.39 is 0 Å². The van der Waals surface area contributed by atoms with Crippen molar-refractivity contribution in [1.82, 2.24) is 4.57 Å². The molecule has 19 heavy (non-hydrogen) atoms. The molecule has 1 heterocycles. The molecule has 3 rings (SSSR count). The van der Waals surface area contributed by atoms with Crippen LogP contribution in [0.1, 0.15) is 25.6 Å². The minimum absolute atomic E-state index is 0.0510. The highest BCUT2D eigenvalue weighted by atomic mass is 16.5. The van der Waals surface area contributed by atoms with Gasteiger partial charge in [-0.05, 0) is 39.0 Å². The lowest BCUT2D eigenvalue weighted by atomic mass is 10.1. The number of para-hydroxylation sites is 1. The molecule has 0 radical (unpaired) electrons. The second-order valence-corrected chi connectivity index (χ2v) is 4.96. The largest absolute Gasteiger partial charge is 0.359 e. The smallest absolute Gasteiger partial charge is 0.131 e. The normalized spacial score (nSPS) is 13.2. The summed E-state index contributed by atoms with van der Waals surface area (Å²) >= 11 is 0. The maximum absolute atomic E-state index is 5.80. The number of ether oxygens (including phenoxy) is 1. The standard InChI is InChI=1S/C17H19NO/c1-4-19-13(3)18-16-8-6-5-7-14(16)15-11-12(2)9-10-17(15)18/h5-11,13H,4H2,1-3H3. The van der Waals surface area contributed by atoms with E-state index in [1.165, 1.54) is 27.4 Å². The minimum Gasteiger partial charge on any atom is -0.359 e. The second kappa shape index (κ2) is 4.71. The molecule has 98 valence electrons. The topological polar surface area (TPSA) is 14.2 Å². The SMILES string of the molecule is CCOC(C)n1c2ccccc2c2cc(C)ccc21. The van der Waals surface area contributed by atoms with Crippen LogP contribution in [0.5, 0.6) is 0 Å². The third-order valence-electron chi connectivity index (χ3n) is 3.64. The quantitative estimate of drug-likeness (QED) is 0.662. The molecule has 3 aromatic rings. The van der Waals surface area contributed by atoms with Crippen molar-refractivity contribution in [3.63, 3.8) is 0 Å². The van der Waals surface area contributed by atoms with Crippen molar-refractivity contribution in [2.24, 2.45) is 0 Å². The predicted molar refractivity (Wildman–Crippen MR) is 80.5 cm³/mol. The molecule has 0 aliphatic rings. The zero-order valence-electron chi connectivity index (χ0n) is 11.7. The zero-order valence-corrected chi connectivity index (χ0v) is 11.7. The van der Waals surface area contributed by atoms with Gasteiger partial charge in [0.15, 0.2) is 0 Å². The first kappa shape index (κ1) is 12.2. The number of aromatic nitrogens is 1. The number of hydrogen-bond acceptors (Lipinski definition) is 1. The van der Waals surface area contributed by atoms with Crippen LogP contribution in [0.3, 0.4) is 0 Å². The van der Waals surface area contributed by atoms with E-state index in [0.29, 0.717) is 0 Å². The van der Waals surface area contributed by atoms with Crippen LogP contribution in [0.4, 0.5) is 0 Å². The van der Waals surface area contributed by atoms with Gasteiger partial charge in [-0.1, -0.05) is 29.8 Å². The molecule has 0 amide bonds. The van der Waals surface area contributed by atoms with Crippen LogP contribution >= 0.6 is 0 Å². The van der Waals surface area contributed by atoms with Gasteiger partial charge in [0.25, 0.3) is 0 Å². The summed E-state index contributed by atoms with van der Waals surface area (Å²) in [5.74, 6) is 0. The van der Waals surface area contributed by atoms with Crippen LogP contribution in [0.2, 0.25) is 0 Å². The van der Waals surface area contributed by atoms with E-state index in [2.05, 4.69) is 60.9 Å². The highest BCUT2D eigenvalue weighted by molar-refractivity contribution is 6.08. The van der Waals surface area contributed by atoms with Crippen molar-refractivity contribution in [3.05, 3.63) is 48.0 Å². The third kappa shape index (κ3) is 1.92. The van der Waals surface area contributed by atoms with Crippen LogP contribution in [0.25, 0.3) is 21.8 Å². The molecule has 1 unspecified atom stereocenters. The van der Waals surface area contributed by atoms with Gasteiger partial charge in [-0.25, -0.2) is 0 Å². The molecule has 2 aromatic carbocycles. The van der Waals surface area contributed by atoms with Crippen molar-refractivity contribution in [1.29, 1.82) is 0 Å². The number of aryl methyl sites for hydroxylation is 1. The zero-order chi connectivity index (χ0) is 13.4. The molecule has 0 spiro atoms. The lowest BCUT2D eigenvalue weighted by Gasteiger charge is -2.16. The van der Waals surface area contributed by atoms with Crippen molar-refractivity contribution < 1.29 is 4.74 Å². The van der Waals surface area contributed by atoms with E-state index in [1.807, 2.05) is 6.92 Å². The Morgan fingerprint density at radius 1 is 1.05 bits per heavy atom. The van der Waals surface area contributed by atoms with Gasteiger partial charge in [0.05, 0.1) is 11.0 Å². The number of nitrogens with zero attached hydrogens (tertiary/aromatic N) is 1. The number of benzene rings is 2. The molecule has 1 atom stereocenters. The minimum atomic E-state index is 0.0510. The van der Waals surface area contributed by atoms with Crippen molar-refractivity contribution >= 4 is 21.8 Å². The molecule has 2 nitrogen and oxygen atoms in total. The molecule has 0 aliphatic heterocycles. The Hall–Kier alpha value is -1.80. The van der Waals surface area contributed by atoms with E-state index in [0.717, 1.165) is 6.61 Å². The predicted octanol–water partition coefficient (Wildman–Crippen LogP) is 4.66. The molecule has 0 saturated heterocycles. The molecular formula is C17H19NO. The average Bonchev–Trinajstić information content (AvgIpc) is 2.73. The highest BCUT2D eigenvalue weighted by Crippen LogP contribution is 2.32. The molecule has 0 bridgehead atoms. The lowest BCUT2D eigenvalue weighted by Crippen LogP contribution is -2.08. The fraction of sp³-hybridized carbons (Fsp3) is 0.294. The summed E-state index contributed by atoms with van der Waals surface area (Å²) in [4.78, 5) is 0. The van der Waals surface area contributed by atoms with Gasteiger partial charge in [-0.2, -0.15) is 0 Å². The number of rotatable bonds is 3. The van der Waals surface area contributed by atoms with Gasteiger partial charge in [-0.3, -0.25) is 0 Å². The number of hydrogen-bond donors (Lipinski definition) is 0. The molecule has 1 aromatic heterocycles. The summed E-state index contributed by atoms with van der Waals surface area (Å²) in [7, 11) is 0. The van der Waals surface area contributed by atoms with Gasteiger partial charge in [-0.15, -0.1) is 0 Å². The van der Waals surface area contributed by atoms with E-state index in [1.54, 1.807) is 0 Å². The molecule has 0 fully saturated rings. The summed E-state index contributed by atoms with van der Waals surface area (Å²) in [6, 6.07) is 15.2. The monoisotopic (exact) mass is 253 g/mol. The summed E-state index contributed by atoms with van der Waals surface area (Å²) in [5.41, 5.74) is 3.77. The average molecular weight is 253 g/mol. The Balaban J connectivity index is 2.39. The summed E-state index contributed by atoms with van der Waals surface area (Å²) in [5, 5.41) is 2.61. The Labute approximate surface area is 113 Å². The van der Waals surface area contributed by atoms with E-state index in [-0.39, 0.29) is 6.23 Å². The van der Waals surface area contributed by atoms with Crippen molar-refractivity contribution in [2.45, 2.75) is 27.0 Å². The molecule has 0 N–H and O–H groups in total. The Morgan fingerprint density at radius 3 is 2.58 bits per heavy atom. The summed E-state index contributed by atoms with van der Waals surface area (Å²) in [6.45, 7) is 7.00. The summed E-state index contributed by atoms with van der Waals surface area (Å²) in [6.07, 6.45) is 0.0510. The molecule has 0 aliphatic carbocycles. The van der Waals surface area contributed by atoms with Gasteiger partial charge < -0.3 is 9.30 Å². The first-order valence-corrected chi connectivity index (χ1v) is 6.83. The second-order valence-electron chi connectivity index (χ2n) is 4.96. The van der Waals surface area contributed by atoms with Crippen LogP contribution in [0.15, 0.2) is 42.5 Å². The van der Waals surface area contributed by atoms with Gasteiger partial charge in [0.1, 0.15) is 6.23 Å². The fourth-order valence-corrected chi connectivity index (χ4v) is 2.82. The first-order valence-electron chi connectivity index (χ1n) is 6.83. The molecule has 2 heteroatoms. The summed E-state index contributed by atoms with van der Waals surface area (Å²) < 4.78 is 8.08. The van der Waals surface area contributed by atoms with Gasteiger partial charge in [0, 0.05) is 17.4 Å². The van der Waals surface area contributed by atoms with Crippen LogP contribution in [-0.4, -0.2) is 11.2 Å². The maximum Gasteiger partial charge on any atom is 0.131 e. The van der Waals surface area contributed by atoms with Crippen molar-refractivity contribution in [2.75, 3.05) is 6.61 Å². The Bertz CT molecular complexity index is 727. The van der Waals surface area contributed by atoms with E-state index >= 15 is 0 Å². The van der Waals surface area contributed by atoms with E-state index in [9.17, 15) is 0 Å². The van der Waals surface area contributed by atoms with Crippen LogP contribution in [-0.2, 0) is 4.74 Å². The Kier molecular flexibility index (Phi) is 3.03. The third-order valence-corrected chi connectivity index (χ3v) is 3.64. The van der Waals surface area contributed by atoms with Crippen LogP contribution < -0.4 is 0 Å². The maximum atomic E-state index is 5.80.